The van der Waals surface area contributed by atoms with Gasteiger partial charge in [-0.15, -0.1) is 0 Å². The van der Waals surface area contributed by atoms with Gasteiger partial charge in [0.05, 0.1) is 12.0 Å². The van der Waals surface area contributed by atoms with Gasteiger partial charge >= 0.3 is 27.3 Å². The minimum Gasteiger partial charge on any atom is -0.481 e. The lowest BCUT2D eigenvalue weighted by Crippen LogP contribution is -2.56. The molecule has 5 nitrogen and oxygen atoms in total. The zero-order valence-electron chi connectivity index (χ0n) is 13.4. The van der Waals surface area contributed by atoms with E-state index in [4.69, 9.17) is 9.29 Å². The van der Waals surface area contributed by atoms with Crippen LogP contribution in [0.5, 0.6) is 0 Å². The molecule has 144 valence electrons. The van der Waals surface area contributed by atoms with Gasteiger partial charge in [0.1, 0.15) is 0 Å². The van der Waals surface area contributed by atoms with E-state index in [1.165, 1.54) is 0 Å². The zero-order chi connectivity index (χ0) is 18.7. The molecule has 0 spiro atoms. The highest BCUT2D eigenvalue weighted by Crippen LogP contribution is 2.58. The van der Waals surface area contributed by atoms with Gasteiger partial charge in [-0.05, 0) is 56.3 Å². The molecule has 4 aliphatic rings. The maximum absolute atomic E-state index is 14.1. The van der Waals surface area contributed by atoms with Crippen LogP contribution in [0.2, 0.25) is 0 Å². The predicted molar refractivity (Wildman–Crippen MR) is 77.7 cm³/mol. The Labute approximate surface area is 142 Å². The van der Waals surface area contributed by atoms with Crippen molar-refractivity contribution in [3.8, 4) is 0 Å². The van der Waals surface area contributed by atoms with Crippen LogP contribution in [0.1, 0.15) is 51.4 Å². The van der Waals surface area contributed by atoms with Gasteiger partial charge in [0, 0.05) is 6.42 Å². The molecule has 4 rings (SSSR count). The van der Waals surface area contributed by atoms with Crippen LogP contribution in [0, 0.1) is 17.8 Å². The van der Waals surface area contributed by atoms with Crippen molar-refractivity contribution in [3.05, 3.63) is 0 Å². The van der Waals surface area contributed by atoms with Gasteiger partial charge in [0.15, 0.2) is 0 Å². The van der Waals surface area contributed by atoms with Gasteiger partial charge in [0.25, 0.3) is 0 Å². The minimum atomic E-state index is -5.90. The lowest BCUT2D eigenvalue weighted by molar-refractivity contribution is -0.177. The van der Waals surface area contributed by atoms with Crippen molar-refractivity contribution in [1.82, 2.24) is 0 Å². The maximum atomic E-state index is 14.1. The Balaban J connectivity index is 1.80. The van der Waals surface area contributed by atoms with Crippen LogP contribution in [0.4, 0.5) is 17.6 Å². The van der Waals surface area contributed by atoms with Crippen LogP contribution >= 0.6 is 0 Å². The summed E-state index contributed by atoms with van der Waals surface area (Å²) in [6.07, 6.45) is 0.503. The molecule has 4 aliphatic carbocycles. The number of aliphatic carboxylic acids is 1. The highest BCUT2D eigenvalue weighted by Gasteiger charge is 2.68. The second-order valence-corrected chi connectivity index (χ2v) is 9.34. The van der Waals surface area contributed by atoms with Gasteiger partial charge in [-0.25, -0.2) is 0 Å². The molecule has 4 fully saturated rings. The molecule has 0 amide bonds. The number of hydrogen-bond acceptors (Lipinski definition) is 4. The Morgan fingerprint density at radius 2 is 1.48 bits per heavy atom. The summed E-state index contributed by atoms with van der Waals surface area (Å²) in [4.78, 5) is 10.4. The van der Waals surface area contributed by atoms with Crippen LogP contribution in [0.3, 0.4) is 0 Å². The van der Waals surface area contributed by atoms with E-state index < -0.39 is 45.7 Å². The summed E-state index contributed by atoms with van der Waals surface area (Å²) in [5.74, 6) is -6.19. The first-order valence-corrected chi connectivity index (χ1v) is 9.69. The van der Waals surface area contributed by atoms with Crippen molar-refractivity contribution in [2.75, 3.05) is 0 Å². The van der Waals surface area contributed by atoms with Crippen molar-refractivity contribution in [2.45, 2.75) is 68.1 Å². The van der Waals surface area contributed by atoms with Crippen LogP contribution < -0.4 is 0 Å². The smallest absolute Gasteiger partial charge is 0.431 e. The van der Waals surface area contributed by atoms with Gasteiger partial charge in [-0.2, -0.15) is 26.0 Å². The second-order valence-electron chi connectivity index (χ2n) is 7.75. The SMILES string of the molecule is O=C(O)CCC(F)(F)C(F)(F)S(=O)(=O)OC12CC3CC(CC(C3)C1)C2. The molecule has 0 unspecified atom stereocenters. The van der Waals surface area contributed by atoms with E-state index in [1.54, 1.807) is 0 Å². The molecule has 0 aliphatic heterocycles. The monoisotopic (exact) mass is 388 g/mol. The summed E-state index contributed by atoms with van der Waals surface area (Å²) in [6, 6.07) is 0. The number of carbonyl (C=O) groups is 1. The summed E-state index contributed by atoms with van der Waals surface area (Å²) in [5.41, 5.74) is -1.32. The molecular weight excluding hydrogens is 368 g/mol. The van der Waals surface area contributed by atoms with Crippen LogP contribution in [-0.2, 0) is 19.1 Å². The van der Waals surface area contributed by atoms with Crippen LogP contribution in [0.25, 0.3) is 0 Å². The average Bonchev–Trinajstić information content (AvgIpc) is 2.42. The molecular formula is C15H20F4O5S. The molecule has 10 heteroatoms. The van der Waals surface area contributed by atoms with Crippen molar-refractivity contribution in [3.63, 3.8) is 0 Å². The number of hydrogen-bond donors (Lipinski definition) is 1. The highest BCUT2D eigenvalue weighted by atomic mass is 32.2. The third-order valence-electron chi connectivity index (χ3n) is 5.66. The molecule has 0 aromatic rings. The Kier molecular flexibility index (Phi) is 4.38. The van der Waals surface area contributed by atoms with E-state index in [-0.39, 0.29) is 37.0 Å². The summed E-state index contributed by atoms with van der Waals surface area (Å²) in [5, 5.41) is 2.92. The Hall–Kier alpha value is -0.900. The summed E-state index contributed by atoms with van der Waals surface area (Å²) < 4.78 is 84.5. The molecule has 0 saturated heterocycles. The van der Waals surface area contributed by atoms with Crippen molar-refractivity contribution >= 4 is 16.1 Å². The third-order valence-corrected chi connectivity index (χ3v) is 7.16. The second kappa shape index (κ2) is 5.80. The summed E-state index contributed by atoms with van der Waals surface area (Å²) in [6.45, 7) is 0. The molecule has 25 heavy (non-hydrogen) atoms. The summed E-state index contributed by atoms with van der Waals surface area (Å²) >= 11 is 0. The van der Waals surface area contributed by atoms with E-state index in [0.29, 0.717) is 0 Å². The first-order valence-electron chi connectivity index (χ1n) is 8.28. The fraction of sp³-hybridized carbons (Fsp3) is 0.933. The Bertz CT molecular complexity index is 626. The van der Waals surface area contributed by atoms with Gasteiger partial charge in [-0.1, -0.05) is 0 Å². The van der Waals surface area contributed by atoms with Crippen molar-refractivity contribution < 1.29 is 40.1 Å². The maximum Gasteiger partial charge on any atom is 0.431 e. The van der Waals surface area contributed by atoms with Crippen LogP contribution in [-0.4, -0.2) is 36.3 Å². The minimum absolute atomic E-state index is 0.183. The number of carboxylic acid groups (broad SMARTS) is 1. The van der Waals surface area contributed by atoms with E-state index in [2.05, 4.69) is 0 Å². The number of halogens is 4. The number of alkyl halides is 4. The van der Waals surface area contributed by atoms with Gasteiger partial charge in [0.2, 0.25) is 0 Å². The lowest BCUT2D eigenvalue weighted by Gasteiger charge is -2.55. The van der Waals surface area contributed by atoms with Crippen LogP contribution in [0.15, 0.2) is 0 Å². The third kappa shape index (κ3) is 3.27. The standard InChI is InChI=1S/C15H20F4O5S/c16-14(17,2-1-12(20)21)15(18,19)25(22,23)24-13-6-9-3-10(7-13)5-11(4-9)8-13/h9-11H,1-8H2,(H,20,21). The topological polar surface area (TPSA) is 80.7 Å². The van der Waals surface area contributed by atoms with Gasteiger partial charge < -0.3 is 5.11 Å². The van der Waals surface area contributed by atoms with E-state index in [0.717, 1.165) is 19.3 Å². The molecule has 0 atom stereocenters. The predicted octanol–water partition coefficient (Wildman–Crippen LogP) is 3.39. The average molecular weight is 388 g/mol. The van der Waals surface area contributed by atoms with E-state index >= 15 is 0 Å². The Morgan fingerprint density at radius 1 is 1.04 bits per heavy atom. The Morgan fingerprint density at radius 3 is 1.88 bits per heavy atom. The number of carboxylic acids is 1. The fourth-order valence-corrected chi connectivity index (χ4v) is 6.25. The highest BCUT2D eigenvalue weighted by molar-refractivity contribution is 7.87. The van der Waals surface area contributed by atoms with E-state index in [9.17, 15) is 30.8 Å². The van der Waals surface area contributed by atoms with Gasteiger partial charge in [-0.3, -0.25) is 8.98 Å². The van der Waals surface area contributed by atoms with Crippen molar-refractivity contribution in [2.24, 2.45) is 17.8 Å². The molecule has 1 N–H and O–H groups in total. The van der Waals surface area contributed by atoms with E-state index in [1.807, 2.05) is 0 Å². The largest absolute Gasteiger partial charge is 0.481 e. The molecule has 0 radical (unpaired) electrons. The normalized spacial score (nSPS) is 35.1. The first kappa shape index (κ1) is 18.9. The summed E-state index contributed by atoms with van der Waals surface area (Å²) in [7, 11) is -5.90. The first-order chi connectivity index (χ1) is 11.4. The van der Waals surface area contributed by atoms with Crippen molar-refractivity contribution in [1.29, 1.82) is 0 Å². The molecule has 4 bridgehead atoms. The fourth-order valence-electron chi connectivity index (χ4n) is 5.01. The molecule has 0 heterocycles. The quantitative estimate of drug-likeness (QED) is 0.534. The molecule has 4 saturated carbocycles. The molecule has 0 aromatic heterocycles. The number of rotatable bonds is 7. The molecule has 0 aromatic carbocycles. The lowest BCUT2D eigenvalue weighted by atomic mass is 9.54. The zero-order valence-corrected chi connectivity index (χ0v) is 14.2.